The van der Waals surface area contributed by atoms with Gasteiger partial charge >= 0.3 is 0 Å². The fourth-order valence-corrected chi connectivity index (χ4v) is 9.69. The summed E-state index contributed by atoms with van der Waals surface area (Å²) in [4.78, 5) is 94.7. The van der Waals surface area contributed by atoms with Crippen LogP contribution in [0.1, 0.15) is 105 Å². The minimum Gasteiger partial charge on any atom is -0.482 e. The number of aryl methyl sites for hydroxylation is 1. The van der Waals surface area contributed by atoms with Gasteiger partial charge in [0.05, 0.1) is 68.8 Å². The summed E-state index contributed by atoms with van der Waals surface area (Å²) in [5.41, 5.74) is 8.04. The van der Waals surface area contributed by atoms with E-state index in [1.54, 1.807) is 59.2 Å². The number of aromatic nitrogens is 2. The number of rotatable bonds is 23. The number of benzene rings is 3. The number of nitrogens with zero attached hydrogens (tertiary/aromatic N) is 5. The first-order chi connectivity index (χ1) is 35.5. The van der Waals surface area contributed by atoms with Gasteiger partial charge in [-0.25, -0.2) is 4.39 Å². The van der Waals surface area contributed by atoms with Crippen LogP contribution in [-0.2, 0) is 39.8 Å². The molecule has 1 aromatic heterocycles. The van der Waals surface area contributed by atoms with Crippen molar-refractivity contribution < 1.29 is 61.6 Å². The lowest BCUT2D eigenvalue weighted by molar-refractivity contribution is -0.140. The van der Waals surface area contributed by atoms with Gasteiger partial charge in [0.2, 0.25) is 17.7 Å². The van der Waals surface area contributed by atoms with E-state index in [4.69, 9.17) is 52.6 Å². The van der Waals surface area contributed by atoms with Crippen LogP contribution in [0.2, 0.25) is 10.0 Å². The van der Waals surface area contributed by atoms with Crippen LogP contribution in [0.25, 0.3) is 0 Å². The number of anilines is 2. The van der Waals surface area contributed by atoms with E-state index in [0.717, 1.165) is 11.0 Å². The molecule has 4 atom stereocenters. The van der Waals surface area contributed by atoms with Gasteiger partial charge in [0.15, 0.2) is 17.3 Å². The molecule has 3 aliphatic heterocycles. The number of hydrogen-bond donors (Lipinski definition) is 3. The molecule has 0 bridgehead atoms. The zero-order chi connectivity index (χ0) is 53.1. The predicted molar refractivity (Wildman–Crippen MR) is 267 cm³/mol. The van der Waals surface area contributed by atoms with Crippen molar-refractivity contribution in [1.29, 1.82) is 0 Å². The molecule has 23 heteroatoms. The first-order valence-electron chi connectivity index (χ1n) is 24.1. The van der Waals surface area contributed by atoms with E-state index in [0.29, 0.717) is 94.6 Å². The van der Waals surface area contributed by atoms with E-state index >= 15 is 0 Å². The second-order valence-electron chi connectivity index (χ2n) is 17.8. The third-order valence-electron chi connectivity index (χ3n) is 12.6. The molecular formula is C51H57Cl2FN8O12. The fourth-order valence-electron chi connectivity index (χ4n) is 9.02. The SMILES string of the molecule is C[C@@H]1CN(C(=O)c2ccc(NC(=O)c3cc(O[C@H](C)c4c(Cl)ccc(F)c4Cl)c(N)nn3)cc2)C[C@H](C)N1C(=O)CCOCCOCCOCCOCCCc1cccc2c1C(=O)N(C1CCC(=O)NC1=O)C2=O. The Morgan fingerprint density at radius 2 is 1.50 bits per heavy atom. The number of amides is 7. The Kier molecular flexibility index (Phi) is 19.0. The number of ether oxygens (including phenoxy) is 5. The summed E-state index contributed by atoms with van der Waals surface area (Å²) < 4.78 is 42.5. The molecule has 0 radical (unpaired) electrons. The van der Waals surface area contributed by atoms with E-state index in [2.05, 4.69) is 20.8 Å². The van der Waals surface area contributed by atoms with Gasteiger partial charge in [0, 0.05) is 66.1 Å². The van der Waals surface area contributed by atoms with Gasteiger partial charge in [-0.2, -0.15) is 0 Å². The van der Waals surface area contributed by atoms with Crippen LogP contribution in [0.3, 0.4) is 0 Å². The Hall–Kier alpha value is -6.62. The highest BCUT2D eigenvalue weighted by Crippen LogP contribution is 2.36. The molecule has 3 aromatic carbocycles. The van der Waals surface area contributed by atoms with E-state index < -0.39 is 47.5 Å². The third kappa shape index (κ3) is 13.4. The quantitative estimate of drug-likeness (QED) is 0.0475. The van der Waals surface area contributed by atoms with Gasteiger partial charge in [-0.3, -0.25) is 43.8 Å². The number of nitrogens with one attached hydrogen (secondary N) is 2. The summed E-state index contributed by atoms with van der Waals surface area (Å²) in [5, 5.41) is 12.6. The van der Waals surface area contributed by atoms with Crippen LogP contribution in [0.5, 0.6) is 5.75 Å². The number of piperidine rings is 1. The van der Waals surface area contributed by atoms with Crippen LogP contribution < -0.4 is 21.1 Å². The zero-order valence-electron chi connectivity index (χ0n) is 41.0. The normalized spacial score (nSPS) is 18.1. The molecule has 1 unspecified atom stereocenters. The van der Waals surface area contributed by atoms with Gasteiger partial charge in [0.1, 0.15) is 18.0 Å². The van der Waals surface area contributed by atoms with E-state index in [9.17, 15) is 38.0 Å². The Morgan fingerprint density at radius 1 is 0.851 bits per heavy atom. The third-order valence-corrected chi connectivity index (χ3v) is 13.3. The number of carbonyl (C=O) groups is 7. The predicted octanol–water partition coefficient (Wildman–Crippen LogP) is 5.45. The van der Waals surface area contributed by atoms with Gasteiger partial charge in [-0.05, 0) is 88.1 Å². The molecule has 2 fully saturated rings. The number of halogens is 3. The van der Waals surface area contributed by atoms with Crippen molar-refractivity contribution >= 4 is 76.1 Å². The molecular weight excluding hydrogens is 1010 g/mol. The Bertz CT molecular complexity index is 2740. The van der Waals surface area contributed by atoms with E-state index in [1.165, 1.54) is 12.1 Å². The molecule has 20 nitrogen and oxygen atoms in total. The van der Waals surface area contributed by atoms with E-state index in [1.807, 2.05) is 13.8 Å². The van der Waals surface area contributed by atoms with Crippen molar-refractivity contribution in [3.05, 3.63) is 110 Å². The van der Waals surface area contributed by atoms with Gasteiger partial charge in [-0.15, -0.1) is 10.2 Å². The smallest absolute Gasteiger partial charge is 0.276 e. The molecule has 3 aliphatic rings. The second-order valence-corrected chi connectivity index (χ2v) is 18.6. The Morgan fingerprint density at radius 3 is 2.16 bits per heavy atom. The average molecular weight is 1060 g/mol. The van der Waals surface area contributed by atoms with Gasteiger partial charge in [0.25, 0.3) is 23.6 Å². The molecule has 4 aromatic rings. The number of piperazine rings is 1. The maximum Gasteiger partial charge on any atom is 0.276 e. The first kappa shape index (κ1) is 55.1. The van der Waals surface area contributed by atoms with Gasteiger partial charge < -0.3 is 44.5 Å². The summed E-state index contributed by atoms with van der Waals surface area (Å²) in [6.07, 6.45) is 0.539. The van der Waals surface area contributed by atoms with Crippen molar-refractivity contribution in [3.63, 3.8) is 0 Å². The standard InChI is InChI=1S/C51H57Cl2FN8O12/c1-29-27-60(49(67)33-9-11-34(12-10-33)56-47(65)38-26-40(46(55)59-58-38)74-31(3)43-36(52)13-14-37(54)45(43)53)28-30(2)61(29)42(64)17-19-71-21-23-73-25-24-72-22-20-70-18-5-7-32-6-4-8-35-44(32)51(69)62(50(35)68)39-15-16-41(63)57-48(39)66/h4,6,8-14,26,29-31,39H,5,7,15-25,27-28H2,1-3H3,(H2,55,59)(H,56,65)(H,57,63,66)/t29-,30+,31-,39?/m1/s1. The largest absolute Gasteiger partial charge is 0.482 e. The van der Waals surface area contributed by atoms with Crippen molar-refractivity contribution in [2.75, 3.05) is 77.0 Å². The molecule has 74 heavy (non-hydrogen) atoms. The molecule has 394 valence electrons. The number of nitrogen functional groups attached to an aromatic ring is 1. The van der Waals surface area contributed by atoms with Crippen molar-refractivity contribution in [2.24, 2.45) is 0 Å². The zero-order valence-corrected chi connectivity index (χ0v) is 42.5. The summed E-state index contributed by atoms with van der Waals surface area (Å²) in [5.74, 6) is -3.86. The maximum absolute atomic E-state index is 14.1. The summed E-state index contributed by atoms with van der Waals surface area (Å²) >= 11 is 12.4. The first-order valence-corrected chi connectivity index (χ1v) is 24.9. The van der Waals surface area contributed by atoms with Crippen molar-refractivity contribution in [1.82, 2.24) is 30.2 Å². The number of imide groups is 2. The number of fused-ring (bicyclic) bond motifs is 1. The number of nitrogens with two attached hydrogens (primary N) is 1. The highest BCUT2D eigenvalue weighted by Gasteiger charge is 2.45. The van der Waals surface area contributed by atoms with Crippen molar-refractivity contribution in [2.45, 2.75) is 77.1 Å². The Balaban J connectivity index is 0.729. The molecule has 0 aliphatic carbocycles. The van der Waals surface area contributed by atoms with Crippen molar-refractivity contribution in [3.8, 4) is 5.75 Å². The summed E-state index contributed by atoms with van der Waals surface area (Å²) in [7, 11) is 0. The van der Waals surface area contributed by atoms with Crippen LogP contribution >= 0.6 is 23.2 Å². The molecule has 4 heterocycles. The summed E-state index contributed by atoms with van der Waals surface area (Å²) in [6, 6.07) is 13.7. The number of carbonyl (C=O) groups excluding carboxylic acids is 7. The van der Waals surface area contributed by atoms with Crippen LogP contribution in [0, 0.1) is 5.82 Å². The molecule has 0 saturated carbocycles. The topological polar surface area (TPSA) is 251 Å². The number of hydrogen-bond acceptors (Lipinski definition) is 15. The average Bonchev–Trinajstić information content (AvgIpc) is 3.62. The lowest BCUT2D eigenvalue weighted by Crippen LogP contribution is -2.59. The minimum absolute atomic E-state index is 0.00285. The Labute approximate surface area is 436 Å². The lowest BCUT2D eigenvalue weighted by atomic mass is 9.99. The molecule has 0 spiro atoms. The lowest BCUT2D eigenvalue weighted by Gasteiger charge is -2.44. The maximum atomic E-state index is 14.1. The highest BCUT2D eigenvalue weighted by atomic mass is 35.5. The second kappa shape index (κ2) is 25.6. The summed E-state index contributed by atoms with van der Waals surface area (Å²) in [6.45, 7) is 8.64. The fraction of sp³-hybridized carbons (Fsp3) is 0.431. The molecule has 2 saturated heterocycles. The van der Waals surface area contributed by atoms with Crippen LogP contribution in [0.4, 0.5) is 15.9 Å². The van der Waals surface area contributed by atoms with Gasteiger partial charge in [-0.1, -0.05) is 35.3 Å². The monoisotopic (exact) mass is 1060 g/mol. The molecule has 7 rings (SSSR count). The van der Waals surface area contributed by atoms with Crippen LogP contribution in [-0.4, -0.2) is 150 Å². The highest BCUT2D eigenvalue weighted by molar-refractivity contribution is 6.36. The minimum atomic E-state index is -1.01. The van der Waals surface area contributed by atoms with Crippen LogP contribution in [0.15, 0.2) is 60.7 Å². The molecule has 7 amide bonds. The molecule has 4 N–H and O–H groups in total. The van der Waals surface area contributed by atoms with E-state index in [-0.39, 0.29) is 88.2 Å².